The van der Waals surface area contributed by atoms with E-state index in [9.17, 15) is 9.59 Å². The summed E-state index contributed by atoms with van der Waals surface area (Å²) in [6.45, 7) is 2.64. The van der Waals surface area contributed by atoms with E-state index in [0.717, 1.165) is 29.0 Å². The maximum atomic E-state index is 13.4. The molecule has 1 unspecified atom stereocenters. The van der Waals surface area contributed by atoms with Crippen LogP contribution in [-0.4, -0.2) is 22.8 Å². The number of anilines is 1. The first kappa shape index (κ1) is 25.5. The summed E-state index contributed by atoms with van der Waals surface area (Å²) in [5.74, 6) is 1.20. The van der Waals surface area contributed by atoms with Crippen LogP contribution >= 0.6 is 0 Å². The molecular weight excluding hydrogens is 448 g/mol. The number of carbonyl (C=O) groups is 2. The first-order chi connectivity index (χ1) is 17.6. The number of nitrogens with zero attached hydrogens (tertiary/aromatic N) is 1. The van der Waals surface area contributed by atoms with Gasteiger partial charge in [0.2, 0.25) is 11.8 Å². The number of nitrogens with one attached hydrogen (secondary N) is 1. The quantitative estimate of drug-likeness (QED) is 0.334. The molecular formula is C31H36N2O3. The average molecular weight is 485 g/mol. The minimum Gasteiger partial charge on any atom is -0.489 e. The molecule has 1 aliphatic rings. The minimum atomic E-state index is -0.602. The van der Waals surface area contributed by atoms with E-state index in [1.54, 1.807) is 4.90 Å². The van der Waals surface area contributed by atoms with Gasteiger partial charge in [0.15, 0.2) is 0 Å². The number of hydrogen-bond acceptors (Lipinski definition) is 3. The molecule has 36 heavy (non-hydrogen) atoms. The molecule has 5 nitrogen and oxygen atoms in total. The molecule has 0 radical (unpaired) electrons. The lowest BCUT2D eigenvalue weighted by Crippen LogP contribution is -2.45. The molecule has 0 spiro atoms. The smallest absolute Gasteiger partial charge is 0.246 e. The summed E-state index contributed by atoms with van der Waals surface area (Å²) in [6.07, 6.45) is 6.29. The van der Waals surface area contributed by atoms with Gasteiger partial charge >= 0.3 is 0 Å². The molecule has 1 fully saturated rings. The summed E-state index contributed by atoms with van der Waals surface area (Å²) in [7, 11) is 0. The Labute approximate surface area is 214 Å². The molecule has 3 aromatic rings. The van der Waals surface area contributed by atoms with Gasteiger partial charge in [0.05, 0.1) is 0 Å². The van der Waals surface area contributed by atoms with Crippen molar-refractivity contribution in [2.45, 2.75) is 64.6 Å². The number of para-hydroxylation sites is 1. The van der Waals surface area contributed by atoms with Crippen molar-refractivity contribution < 1.29 is 14.3 Å². The number of ether oxygens (including phenoxy) is 1. The van der Waals surface area contributed by atoms with E-state index in [1.165, 1.54) is 25.7 Å². The molecule has 188 valence electrons. The van der Waals surface area contributed by atoms with Crippen molar-refractivity contribution in [2.75, 3.05) is 5.32 Å². The van der Waals surface area contributed by atoms with Crippen LogP contribution in [0.15, 0.2) is 84.9 Å². The third-order valence-electron chi connectivity index (χ3n) is 6.95. The van der Waals surface area contributed by atoms with Gasteiger partial charge in [-0.25, -0.2) is 0 Å². The van der Waals surface area contributed by atoms with Crippen molar-refractivity contribution in [3.63, 3.8) is 0 Å². The van der Waals surface area contributed by atoms with E-state index in [-0.39, 0.29) is 11.8 Å². The van der Waals surface area contributed by atoms with E-state index < -0.39 is 6.04 Å². The summed E-state index contributed by atoms with van der Waals surface area (Å²) in [4.78, 5) is 28.2. The zero-order chi connectivity index (χ0) is 25.2. The fourth-order valence-electron chi connectivity index (χ4n) is 4.79. The summed E-state index contributed by atoms with van der Waals surface area (Å²) >= 11 is 0. The van der Waals surface area contributed by atoms with Crippen molar-refractivity contribution >= 4 is 17.5 Å². The van der Waals surface area contributed by atoms with Gasteiger partial charge in [-0.05, 0) is 54.7 Å². The molecule has 0 aromatic heterocycles. The SMILES string of the molecule is CC(C(=O)Nc1ccccc1)N(Cc1cccc(OCc2ccccc2)c1)C(=O)CCC1CCCC1. The Morgan fingerprint density at radius 2 is 1.58 bits per heavy atom. The van der Waals surface area contributed by atoms with Gasteiger partial charge < -0.3 is 15.0 Å². The first-order valence-corrected chi connectivity index (χ1v) is 13.0. The van der Waals surface area contributed by atoms with Gasteiger partial charge in [-0.1, -0.05) is 86.3 Å². The van der Waals surface area contributed by atoms with E-state index in [2.05, 4.69) is 5.32 Å². The van der Waals surface area contributed by atoms with Gasteiger partial charge in [0.1, 0.15) is 18.4 Å². The highest BCUT2D eigenvalue weighted by Gasteiger charge is 2.27. The number of carbonyl (C=O) groups excluding carboxylic acids is 2. The summed E-state index contributed by atoms with van der Waals surface area (Å²) in [6, 6.07) is 26.6. The zero-order valence-corrected chi connectivity index (χ0v) is 21.1. The van der Waals surface area contributed by atoms with Crippen LogP contribution in [-0.2, 0) is 22.7 Å². The van der Waals surface area contributed by atoms with Crippen molar-refractivity contribution in [3.8, 4) is 5.75 Å². The number of amides is 2. The minimum absolute atomic E-state index is 0.0215. The van der Waals surface area contributed by atoms with Gasteiger partial charge in [0.25, 0.3) is 0 Å². The Kier molecular flexibility index (Phi) is 9.15. The highest BCUT2D eigenvalue weighted by Crippen LogP contribution is 2.29. The third kappa shape index (κ3) is 7.45. The average Bonchev–Trinajstić information content (AvgIpc) is 3.44. The Balaban J connectivity index is 1.45. The Hall–Kier alpha value is -3.60. The molecule has 0 saturated heterocycles. The van der Waals surface area contributed by atoms with Crippen LogP contribution in [0.5, 0.6) is 5.75 Å². The van der Waals surface area contributed by atoms with Crippen LogP contribution in [0.1, 0.15) is 56.6 Å². The lowest BCUT2D eigenvalue weighted by Gasteiger charge is -2.29. The Morgan fingerprint density at radius 3 is 2.31 bits per heavy atom. The fraction of sp³-hybridized carbons (Fsp3) is 0.355. The Morgan fingerprint density at radius 1 is 0.917 bits per heavy atom. The van der Waals surface area contributed by atoms with Crippen molar-refractivity contribution in [2.24, 2.45) is 5.92 Å². The van der Waals surface area contributed by atoms with Crippen LogP contribution in [0.3, 0.4) is 0 Å². The number of hydrogen-bond donors (Lipinski definition) is 1. The van der Waals surface area contributed by atoms with E-state index in [0.29, 0.717) is 25.5 Å². The molecule has 3 aromatic carbocycles. The number of benzene rings is 3. The highest BCUT2D eigenvalue weighted by molar-refractivity contribution is 5.96. The summed E-state index contributed by atoms with van der Waals surface area (Å²) < 4.78 is 5.99. The molecule has 2 amide bonds. The van der Waals surface area contributed by atoms with Crippen LogP contribution < -0.4 is 10.1 Å². The van der Waals surface area contributed by atoms with E-state index >= 15 is 0 Å². The van der Waals surface area contributed by atoms with Gasteiger partial charge in [-0.15, -0.1) is 0 Å². The maximum Gasteiger partial charge on any atom is 0.246 e. The van der Waals surface area contributed by atoms with Crippen LogP contribution in [0.2, 0.25) is 0 Å². The van der Waals surface area contributed by atoms with Crippen LogP contribution in [0.25, 0.3) is 0 Å². The molecule has 5 heteroatoms. The van der Waals surface area contributed by atoms with Crippen molar-refractivity contribution in [1.82, 2.24) is 4.90 Å². The summed E-state index contributed by atoms with van der Waals surface area (Å²) in [5.41, 5.74) is 2.76. The van der Waals surface area contributed by atoms with Crippen molar-refractivity contribution in [1.29, 1.82) is 0 Å². The maximum absolute atomic E-state index is 13.4. The first-order valence-electron chi connectivity index (χ1n) is 13.0. The lowest BCUT2D eigenvalue weighted by molar-refractivity contribution is -0.139. The molecule has 1 N–H and O–H groups in total. The topological polar surface area (TPSA) is 58.6 Å². The predicted octanol–water partition coefficient (Wildman–Crippen LogP) is 6.59. The van der Waals surface area contributed by atoms with Crippen LogP contribution in [0, 0.1) is 5.92 Å². The van der Waals surface area contributed by atoms with E-state index in [4.69, 9.17) is 4.74 Å². The zero-order valence-electron chi connectivity index (χ0n) is 21.1. The standard InChI is InChI=1S/C31H36N2O3/c1-24(31(35)32-28-16-6-3-7-17-28)33(30(34)20-19-25-11-8-9-12-25)22-27-15-10-18-29(21-27)36-23-26-13-4-2-5-14-26/h2-7,10,13-18,21,24-25H,8-9,11-12,19-20,22-23H2,1H3,(H,32,35). The second kappa shape index (κ2) is 12.9. The van der Waals surface area contributed by atoms with Gasteiger partial charge in [-0.3, -0.25) is 9.59 Å². The molecule has 4 rings (SSSR count). The second-order valence-electron chi connectivity index (χ2n) is 9.66. The number of rotatable bonds is 11. The van der Waals surface area contributed by atoms with Gasteiger partial charge in [-0.2, -0.15) is 0 Å². The van der Waals surface area contributed by atoms with Gasteiger partial charge in [0, 0.05) is 18.7 Å². The molecule has 1 saturated carbocycles. The van der Waals surface area contributed by atoms with E-state index in [1.807, 2.05) is 91.9 Å². The molecule has 0 aliphatic heterocycles. The highest BCUT2D eigenvalue weighted by atomic mass is 16.5. The predicted molar refractivity (Wildman–Crippen MR) is 143 cm³/mol. The monoisotopic (exact) mass is 484 g/mol. The second-order valence-corrected chi connectivity index (χ2v) is 9.66. The van der Waals surface area contributed by atoms with Crippen molar-refractivity contribution in [3.05, 3.63) is 96.1 Å². The largest absolute Gasteiger partial charge is 0.489 e. The molecule has 0 heterocycles. The normalized spacial score (nSPS) is 14.2. The third-order valence-corrected chi connectivity index (χ3v) is 6.95. The van der Waals surface area contributed by atoms with Crippen LogP contribution in [0.4, 0.5) is 5.69 Å². The molecule has 0 bridgehead atoms. The fourth-order valence-corrected chi connectivity index (χ4v) is 4.79. The molecule has 1 atom stereocenters. The summed E-state index contributed by atoms with van der Waals surface area (Å²) in [5, 5.41) is 2.95. The lowest BCUT2D eigenvalue weighted by atomic mass is 10.0. The molecule has 1 aliphatic carbocycles. The Bertz CT molecular complexity index is 1110.